The van der Waals surface area contributed by atoms with Crippen LogP contribution in [-0.4, -0.2) is 35.6 Å². The third kappa shape index (κ3) is 5.36. The van der Waals surface area contributed by atoms with Gasteiger partial charge in [-0.05, 0) is 62.1 Å². The van der Waals surface area contributed by atoms with Crippen LogP contribution in [0.5, 0.6) is 0 Å². The third-order valence-electron chi connectivity index (χ3n) is 5.10. The molecule has 1 saturated heterocycles. The summed E-state index contributed by atoms with van der Waals surface area (Å²) >= 11 is 1.58. The van der Waals surface area contributed by atoms with Gasteiger partial charge in [-0.3, -0.25) is 9.59 Å². The summed E-state index contributed by atoms with van der Waals surface area (Å²) in [4.78, 5) is 27.9. The van der Waals surface area contributed by atoms with Crippen LogP contribution in [0.25, 0.3) is 0 Å². The number of hydrogen-bond acceptors (Lipinski definition) is 3. The van der Waals surface area contributed by atoms with Crippen molar-refractivity contribution in [1.29, 1.82) is 0 Å². The monoisotopic (exact) mass is 382 g/mol. The average molecular weight is 383 g/mol. The second-order valence-corrected chi connectivity index (χ2v) is 8.09. The Morgan fingerprint density at radius 3 is 2.41 bits per heavy atom. The van der Waals surface area contributed by atoms with Crippen LogP contribution in [0, 0.1) is 19.8 Å². The van der Waals surface area contributed by atoms with Gasteiger partial charge in [0.25, 0.3) is 0 Å². The molecule has 0 radical (unpaired) electrons. The number of likely N-dealkylation sites (tertiary alicyclic amines) is 1. The molecular formula is C22H26N2O2S. The molecule has 0 atom stereocenters. The standard InChI is InChI=1S/C22H26N2O2S/c1-16-8-9-20(14-17(16)2)27-15-21(25)24-12-10-18(11-13-24)22(26)23-19-6-4-3-5-7-19/h3-9,14,18H,10-13,15H2,1-2H3,(H,23,26). The van der Waals surface area contributed by atoms with Crippen molar-refractivity contribution in [2.75, 3.05) is 24.2 Å². The van der Waals surface area contributed by atoms with E-state index in [0.717, 1.165) is 23.4 Å². The maximum Gasteiger partial charge on any atom is 0.232 e. The Morgan fingerprint density at radius 1 is 1.04 bits per heavy atom. The molecule has 1 heterocycles. The van der Waals surface area contributed by atoms with Gasteiger partial charge >= 0.3 is 0 Å². The number of piperidine rings is 1. The Labute approximate surface area is 165 Å². The summed E-state index contributed by atoms with van der Waals surface area (Å²) in [6.07, 6.45) is 1.44. The number of amides is 2. The zero-order valence-electron chi connectivity index (χ0n) is 15.9. The van der Waals surface area contributed by atoms with Crippen molar-refractivity contribution in [1.82, 2.24) is 4.90 Å². The van der Waals surface area contributed by atoms with Gasteiger partial charge < -0.3 is 10.2 Å². The summed E-state index contributed by atoms with van der Waals surface area (Å²) < 4.78 is 0. The van der Waals surface area contributed by atoms with Gasteiger partial charge in [0.15, 0.2) is 0 Å². The number of thioether (sulfide) groups is 1. The first-order valence-corrected chi connectivity index (χ1v) is 10.4. The highest BCUT2D eigenvalue weighted by Crippen LogP contribution is 2.24. The molecule has 1 aliphatic heterocycles. The lowest BCUT2D eigenvalue weighted by molar-refractivity contribution is -0.132. The van der Waals surface area contributed by atoms with E-state index in [4.69, 9.17) is 0 Å². The van der Waals surface area contributed by atoms with Crippen LogP contribution < -0.4 is 5.32 Å². The van der Waals surface area contributed by atoms with Crippen molar-refractivity contribution < 1.29 is 9.59 Å². The number of hydrogen-bond donors (Lipinski definition) is 1. The molecule has 1 fully saturated rings. The van der Waals surface area contributed by atoms with E-state index in [1.165, 1.54) is 11.1 Å². The Bertz CT molecular complexity index is 799. The Morgan fingerprint density at radius 2 is 1.74 bits per heavy atom. The predicted octanol–water partition coefficient (Wildman–Crippen LogP) is 4.27. The first kappa shape index (κ1) is 19.5. The number of anilines is 1. The van der Waals surface area contributed by atoms with E-state index in [0.29, 0.717) is 18.8 Å². The van der Waals surface area contributed by atoms with E-state index in [1.54, 1.807) is 11.8 Å². The average Bonchev–Trinajstić information content (AvgIpc) is 2.69. The van der Waals surface area contributed by atoms with E-state index in [9.17, 15) is 9.59 Å². The zero-order chi connectivity index (χ0) is 19.2. The molecule has 1 N–H and O–H groups in total. The summed E-state index contributed by atoms with van der Waals surface area (Å²) in [5.41, 5.74) is 3.34. The van der Waals surface area contributed by atoms with E-state index in [-0.39, 0.29) is 17.7 Å². The zero-order valence-corrected chi connectivity index (χ0v) is 16.7. The van der Waals surface area contributed by atoms with Crippen molar-refractivity contribution in [2.45, 2.75) is 31.6 Å². The summed E-state index contributed by atoms with van der Waals surface area (Å²) in [6, 6.07) is 15.8. The number of nitrogens with one attached hydrogen (secondary N) is 1. The molecule has 0 bridgehead atoms. The second-order valence-electron chi connectivity index (χ2n) is 7.05. The Balaban J connectivity index is 1.44. The minimum absolute atomic E-state index is 0.0262. The fourth-order valence-electron chi connectivity index (χ4n) is 3.20. The second kappa shape index (κ2) is 9.09. The van der Waals surface area contributed by atoms with Crippen LogP contribution >= 0.6 is 11.8 Å². The maximum absolute atomic E-state index is 12.5. The molecule has 2 amide bonds. The molecule has 3 rings (SSSR count). The van der Waals surface area contributed by atoms with Crippen LogP contribution in [0.3, 0.4) is 0 Å². The van der Waals surface area contributed by atoms with Gasteiger partial charge in [-0.25, -0.2) is 0 Å². The number of nitrogens with zero attached hydrogens (tertiary/aromatic N) is 1. The quantitative estimate of drug-likeness (QED) is 0.786. The van der Waals surface area contributed by atoms with Gasteiger partial charge in [-0.15, -0.1) is 11.8 Å². The molecule has 142 valence electrons. The van der Waals surface area contributed by atoms with Gasteiger partial charge in [0.1, 0.15) is 0 Å². The van der Waals surface area contributed by atoms with Gasteiger partial charge in [-0.2, -0.15) is 0 Å². The van der Waals surface area contributed by atoms with Crippen molar-refractivity contribution >= 4 is 29.3 Å². The molecule has 0 aromatic heterocycles. The molecule has 2 aromatic carbocycles. The van der Waals surface area contributed by atoms with Crippen molar-refractivity contribution in [3.05, 3.63) is 59.7 Å². The number of carbonyl (C=O) groups excluding carboxylic acids is 2. The summed E-state index contributed by atoms with van der Waals surface area (Å²) in [5.74, 6) is 0.628. The largest absolute Gasteiger partial charge is 0.342 e. The molecule has 1 aliphatic rings. The number of carbonyl (C=O) groups is 2. The van der Waals surface area contributed by atoms with Crippen molar-refractivity contribution in [3.63, 3.8) is 0 Å². The first-order chi connectivity index (χ1) is 13.0. The predicted molar refractivity (Wildman–Crippen MR) is 111 cm³/mol. The molecule has 0 unspecified atom stereocenters. The van der Waals surface area contributed by atoms with Gasteiger partial charge in [-0.1, -0.05) is 24.3 Å². The maximum atomic E-state index is 12.5. The lowest BCUT2D eigenvalue weighted by Gasteiger charge is -2.31. The topological polar surface area (TPSA) is 49.4 Å². The van der Waals surface area contributed by atoms with Crippen LogP contribution in [0.4, 0.5) is 5.69 Å². The number of para-hydroxylation sites is 1. The van der Waals surface area contributed by atoms with Crippen LogP contribution in [0.1, 0.15) is 24.0 Å². The smallest absolute Gasteiger partial charge is 0.232 e. The lowest BCUT2D eigenvalue weighted by atomic mass is 9.96. The van der Waals surface area contributed by atoms with E-state index >= 15 is 0 Å². The molecule has 5 heteroatoms. The molecule has 0 aliphatic carbocycles. The van der Waals surface area contributed by atoms with E-state index < -0.39 is 0 Å². The summed E-state index contributed by atoms with van der Waals surface area (Å²) in [7, 11) is 0. The third-order valence-corrected chi connectivity index (χ3v) is 6.08. The molecule has 0 spiro atoms. The fourth-order valence-corrected chi connectivity index (χ4v) is 4.09. The number of aryl methyl sites for hydroxylation is 2. The lowest BCUT2D eigenvalue weighted by Crippen LogP contribution is -2.42. The number of rotatable bonds is 5. The minimum atomic E-state index is -0.0262. The molecule has 0 saturated carbocycles. The highest BCUT2D eigenvalue weighted by molar-refractivity contribution is 8.00. The molecule has 27 heavy (non-hydrogen) atoms. The van der Waals surface area contributed by atoms with Crippen LogP contribution in [-0.2, 0) is 9.59 Å². The van der Waals surface area contributed by atoms with Gasteiger partial charge in [0, 0.05) is 29.6 Å². The highest BCUT2D eigenvalue weighted by Gasteiger charge is 2.27. The SMILES string of the molecule is Cc1ccc(SCC(=O)N2CCC(C(=O)Nc3ccccc3)CC2)cc1C. The van der Waals surface area contributed by atoms with Gasteiger partial charge in [0.05, 0.1) is 5.75 Å². The Hall–Kier alpha value is -2.27. The number of benzene rings is 2. The van der Waals surface area contributed by atoms with Crippen molar-refractivity contribution in [3.8, 4) is 0 Å². The minimum Gasteiger partial charge on any atom is -0.342 e. The normalized spacial score (nSPS) is 14.8. The van der Waals surface area contributed by atoms with Crippen molar-refractivity contribution in [2.24, 2.45) is 5.92 Å². The highest BCUT2D eigenvalue weighted by atomic mass is 32.2. The molecular weight excluding hydrogens is 356 g/mol. The van der Waals surface area contributed by atoms with Gasteiger partial charge in [0.2, 0.25) is 11.8 Å². The molecule has 2 aromatic rings. The van der Waals surface area contributed by atoms with E-state index in [1.807, 2.05) is 35.2 Å². The summed E-state index contributed by atoms with van der Waals surface area (Å²) in [5, 5.41) is 2.97. The van der Waals surface area contributed by atoms with Crippen LogP contribution in [0.15, 0.2) is 53.4 Å². The first-order valence-electron chi connectivity index (χ1n) is 9.36. The summed E-state index contributed by atoms with van der Waals surface area (Å²) in [6.45, 7) is 5.48. The van der Waals surface area contributed by atoms with E-state index in [2.05, 4.69) is 37.4 Å². The molecule has 4 nitrogen and oxygen atoms in total. The Kier molecular flexibility index (Phi) is 6.56. The fraction of sp³-hybridized carbons (Fsp3) is 0.364. The van der Waals surface area contributed by atoms with Crippen LogP contribution in [0.2, 0.25) is 0 Å².